The minimum atomic E-state index is -1.27. The lowest BCUT2D eigenvalue weighted by Gasteiger charge is -2.44. The summed E-state index contributed by atoms with van der Waals surface area (Å²) in [6.07, 6.45) is 4.47. The standard InChI is InChI=1S/C32H44ClN3O4/c1-21(2)22-8-4-9-23(18-22)29-27(11-5-12-28(29)33)32(39,15-7-16-35-31(38)40-3)25-10-6-17-36(20-25)30(37)24-13-14-26(34)19-24/h4-5,8-9,11-12,18,21,24-26,39H,6-7,10,13-17,19-20,34H2,1-3H3,(H,35,38)/t24-,25-,26+,32?/m1/s1. The Morgan fingerprint density at radius 1 is 1.20 bits per heavy atom. The highest BCUT2D eigenvalue weighted by atomic mass is 35.5. The minimum absolute atomic E-state index is 0.0356. The van der Waals surface area contributed by atoms with E-state index in [-0.39, 0.29) is 23.8 Å². The number of carbonyl (C=O) groups is 2. The fraction of sp³-hybridized carbons (Fsp3) is 0.562. The van der Waals surface area contributed by atoms with Gasteiger partial charge in [-0.2, -0.15) is 0 Å². The van der Waals surface area contributed by atoms with Crippen LogP contribution in [0.1, 0.15) is 75.8 Å². The first-order valence-electron chi connectivity index (χ1n) is 14.6. The zero-order valence-electron chi connectivity index (χ0n) is 24.0. The van der Waals surface area contributed by atoms with Crippen LogP contribution in [0.4, 0.5) is 4.79 Å². The first-order valence-corrected chi connectivity index (χ1v) is 15.0. The molecule has 7 nitrogen and oxygen atoms in total. The highest BCUT2D eigenvalue weighted by Gasteiger charge is 2.44. The molecule has 2 fully saturated rings. The number of piperidine rings is 1. The number of aliphatic hydroxyl groups is 1. The van der Waals surface area contributed by atoms with Gasteiger partial charge in [-0.05, 0) is 73.6 Å². The van der Waals surface area contributed by atoms with Crippen LogP contribution >= 0.6 is 11.6 Å². The number of nitrogens with one attached hydrogen (secondary N) is 1. The summed E-state index contributed by atoms with van der Waals surface area (Å²) in [5.41, 5.74) is 8.59. The largest absolute Gasteiger partial charge is 0.453 e. The second kappa shape index (κ2) is 13.4. The monoisotopic (exact) mass is 569 g/mol. The summed E-state index contributed by atoms with van der Waals surface area (Å²) < 4.78 is 4.72. The summed E-state index contributed by atoms with van der Waals surface area (Å²) in [5.74, 6) is 0.273. The van der Waals surface area contributed by atoms with E-state index in [9.17, 15) is 14.7 Å². The number of likely N-dealkylation sites (tertiary alicyclic amines) is 1. The van der Waals surface area contributed by atoms with Gasteiger partial charge in [0.25, 0.3) is 0 Å². The molecule has 2 aliphatic rings. The molecule has 1 aliphatic carbocycles. The quantitative estimate of drug-likeness (QED) is 0.330. The lowest BCUT2D eigenvalue weighted by Crippen LogP contribution is -2.49. The maximum atomic E-state index is 13.5. The van der Waals surface area contributed by atoms with Crippen LogP contribution in [0.15, 0.2) is 42.5 Å². The maximum Gasteiger partial charge on any atom is 0.406 e. The molecule has 4 N–H and O–H groups in total. The fourth-order valence-corrected chi connectivity index (χ4v) is 6.76. The van der Waals surface area contributed by atoms with E-state index in [1.165, 1.54) is 12.7 Å². The minimum Gasteiger partial charge on any atom is -0.453 e. The Balaban J connectivity index is 1.70. The average Bonchev–Trinajstić information content (AvgIpc) is 3.40. The summed E-state index contributed by atoms with van der Waals surface area (Å²) in [6, 6.07) is 14.1. The van der Waals surface area contributed by atoms with Gasteiger partial charge in [0.15, 0.2) is 0 Å². The predicted molar refractivity (Wildman–Crippen MR) is 159 cm³/mol. The molecule has 0 radical (unpaired) electrons. The van der Waals surface area contributed by atoms with Crippen LogP contribution < -0.4 is 11.1 Å². The topological polar surface area (TPSA) is 105 Å². The van der Waals surface area contributed by atoms with Crippen molar-refractivity contribution in [2.75, 3.05) is 26.7 Å². The van der Waals surface area contributed by atoms with Crippen molar-refractivity contribution in [3.63, 3.8) is 0 Å². The number of alkyl carbamates (subject to hydrolysis) is 1. The Kier molecular flexibility index (Phi) is 10.1. The molecule has 40 heavy (non-hydrogen) atoms. The molecule has 1 aliphatic heterocycles. The van der Waals surface area contributed by atoms with Crippen molar-refractivity contribution in [1.82, 2.24) is 10.2 Å². The normalized spacial score (nSPS) is 22.7. The second-order valence-electron chi connectivity index (χ2n) is 11.8. The number of hydrogen-bond donors (Lipinski definition) is 3. The van der Waals surface area contributed by atoms with Crippen molar-refractivity contribution >= 4 is 23.6 Å². The van der Waals surface area contributed by atoms with Crippen molar-refractivity contribution < 1.29 is 19.4 Å². The number of nitrogens with zero attached hydrogens (tertiary/aromatic N) is 1. The van der Waals surface area contributed by atoms with Crippen molar-refractivity contribution in [3.8, 4) is 11.1 Å². The van der Waals surface area contributed by atoms with E-state index >= 15 is 0 Å². The number of halogens is 1. The number of carbonyl (C=O) groups excluding carboxylic acids is 2. The summed E-state index contributed by atoms with van der Waals surface area (Å²) in [5, 5.41) is 16.0. The summed E-state index contributed by atoms with van der Waals surface area (Å²) in [6.45, 7) is 5.84. The van der Waals surface area contributed by atoms with Gasteiger partial charge < -0.3 is 25.8 Å². The van der Waals surface area contributed by atoms with Gasteiger partial charge in [-0.15, -0.1) is 0 Å². The first-order chi connectivity index (χ1) is 19.1. The van der Waals surface area contributed by atoms with Gasteiger partial charge in [-0.3, -0.25) is 4.79 Å². The smallest absolute Gasteiger partial charge is 0.406 e. The molecule has 1 saturated heterocycles. The molecule has 2 aromatic rings. The van der Waals surface area contributed by atoms with Crippen LogP contribution in [0, 0.1) is 11.8 Å². The molecular formula is C32H44ClN3O4. The molecule has 1 saturated carbocycles. The van der Waals surface area contributed by atoms with Crippen LogP contribution in [0.2, 0.25) is 5.02 Å². The predicted octanol–water partition coefficient (Wildman–Crippen LogP) is 5.82. The molecule has 1 unspecified atom stereocenters. The molecule has 2 aromatic carbocycles. The summed E-state index contributed by atoms with van der Waals surface area (Å²) in [4.78, 5) is 27.1. The van der Waals surface area contributed by atoms with Gasteiger partial charge >= 0.3 is 6.09 Å². The zero-order chi connectivity index (χ0) is 28.9. The fourth-order valence-electron chi connectivity index (χ4n) is 6.48. The molecule has 0 spiro atoms. The second-order valence-corrected chi connectivity index (χ2v) is 12.2. The highest BCUT2D eigenvalue weighted by molar-refractivity contribution is 6.33. The lowest BCUT2D eigenvalue weighted by atomic mass is 9.72. The highest BCUT2D eigenvalue weighted by Crippen LogP contribution is 2.46. The maximum absolute atomic E-state index is 13.5. The number of methoxy groups -OCH3 is 1. The van der Waals surface area contributed by atoms with Crippen LogP contribution in [0.25, 0.3) is 11.1 Å². The van der Waals surface area contributed by atoms with Gasteiger partial charge in [0.2, 0.25) is 5.91 Å². The van der Waals surface area contributed by atoms with E-state index < -0.39 is 11.7 Å². The van der Waals surface area contributed by atoms with Crippen LogP contribution in [0.5, 0.6) is 0 Å². The van der Waals surface area contributed by atoms with Crippen molar-refractivity contribution in [2.24, 2.45) is 17.6 Å². The number of hydrogen-bond acceptors (Lipinski definition) is 5. The average molecular weight is 570 g/mol. The third-order valence-corrected chi connectivity index (χ3v) is 9.06. The number of ether oxygens (including phenoxy) is 1. The van der Waals surface area contributed by atoms with Crippen molar-refractivity contribution in [3.05, 3.63) is 58.6 Å². The molecule has 2 amide bonds. The Bertz CT molecular complexity index is 1190. The molecule has 1 heterocycles. The molecular weight excluding hydrogens is 526 g/mol. The molecule has 4 atom stereocenters. The lowest BCUT2D eigenvalue weighted by molar-refractivity contribution is -0.140. The Labute approximate surface area is 243 Å². The zero-order valence-corrected chi connectivity index (χ0v) is 24.8. The Morgan fingerprint density at radius 3 is 2.67 bits per heavy atom. The van der Waals surface area contributed by atoms with E-state index in [1.807, 2.05) is 35.2 Å². The van der Waals surface area contributed by atoms with Crippen molar-refractivity contribution in [1.29, 1.82) is 0 Å². The molecule has 218 valence electrons. The van der Waals surface area contributed by atoms with Gasteiger partial charge in [0.05, 0.1) is 12.7 Å². The molecule has 0 bridgehead atoms. The molecule has 0 aromatic heterocycles. The number of amides is 2. The molecule has 8 heteroatoms. The van der Waals surface area contributed by atoms with Crippen LogP contribution in [-0.4, -0.2) is 54.8 Å². The summed E-state index contributed by atoms with van der Waals surface area (Å²) in [7, 11) is 1.33. The van der Waals surface area contributed by atoms with Crippen molar-refractivity contribution in [2.45, 2.75) is 76.4 Å². The third kappa shape index (κ3) is 6.81. The number of rotatable bonds is 9. The van der Waals surface area contributed by atoms with Crippen LogP contribution in [-0.2, 0) is 15.1 Å². The van der Waals surface area contributed by atoms with Gasteiger partial charge in [-0.25, -0.2) is 4.79 Å². The van der Waals surface area contributed by atoms with Crippen LogP contribution in [0.3, 0.4) is 0 Å². The van der Waals surface area contributed by atoms with E-state index in [0.717, 1.165) is 48.8 Å². The molecule has 4 rings (SSSR count). The van der Waals surface area contributed by atoms with E-state index in [4.69, 9.17) is 22.1 Å². The SMILES string of the molecule is COC(=O)NCCCC(O)(c1cccc(Cl)c1-c1cccc(C(C)C)c1)[C@@H]1CCCN(C(=O)[C@@H]2CC[C@H](N)C2)C1. The number of nitrogens with two attached hydrogens (primary N) is 1. The van der Waals surface area contributed by atoms with E-state index in [2.05, 4.69) is 31.3 Å². The summed E-state index contributed by atoms with van der Waals surface area (Å²) >= 11 is 6.88. The van der Waals surface area contributed by atoms with Gasteiger partial charge in [0.1, 0.15) is 0 Å². The Hall–Kier alpha value is -2.61. The van der Waals surface area contributed by atoms with Gasteiger partial charge in [0, 0.05) is 48.1 Å². The number of benzene rings is 2. The van der Waals surface area contributed by atoms with Gasteiger partial charge in [-0.1, -0.05) is 61.8 Å². The van der Waals surface area contributed by atoms with E-state index in [1.54, 1.807) is 0 Å². The first kappa shape index (κ1) is 30.4. The third-order valence-electron chi connectivity index (χ3n) is 8.74. The Morgan fingerprint density at radius 2 is 1.98 bits per heavy atom. The van der Waals surface area contributed by atoms with E-state index in [0.29, 0.717) is 43.4 Å².